The highest BCUT2D eigenvalue weighted by Gasteiger charge is 2.13. The lowest BCUT2D eigenvalue weighted by Crippen LogP contribution is -2.00. The minimum Gasteiger partial charge on any atom is -0.493 e. The molecule has 0 atom stereocenters. The molecule has 3 nitrogen and oxygen atoms in total. The first-order chi connectivity index (χ1) is 8.24. The molecule has 1 aromatic carbocycles. The highest BCUT2D eigenvalue weighted by Crippen LogP contribution is 2.26. The molecule has 0 bridgehead atoms. The van der Waals surface area contributed by atoms with Gasteiger partial charge in [-0.05, 0) is 13.3 Å². The van der Waals surface area contributed by atoms with Crippen LogP contribution < -0.4 is 0 Å². The molecule has 1 N–H and O–H groups in total. The van der Waals surface area contributed by atoms with Crippen LogP contribution in [0.5, 0.6) is 5.88 Å². The number of rotatable bonds is 4. The predicted octanol–water partition coefficient (Wildman–Crippen LogP) is 3.36. The van der Waals surface area contributed by atoms with Gasteiger partial charge in [-0.2, -0.15) is 0 Å². The summed E-state index contributed by atoms with van der Waals surface area (Å²) in [5, 5.41) is 10.0. The SMILES string of the molecule is CCCCn1c(-c2ccccc2)nc(C)c1O. The van der Waals surface area contributed by atoms with Crippen LogP contribution in [0.4, 0.5) is 0 Å². The van der Waals surface area contributed by atoms with Gasteiger partial charge in [0, 0.05) is 12.1 Å². The van der Waals surface area contributed by atoms with Crippen LogP contribution in [0.15, 0.2) is 30.3 Å². The molecule has 0 aliphatic heterocycles. The molecule has 90 valence electrons. The summed E-state index contributed by atoms with van der Waals surface area (Å²) in [4.78, 5) is 4.45. The average molecular weight is 230 g/mol. The molecule has 2 aromatic rings. The largest absolute Gasteiger partial charge is 0.493 e. The quantitative estimate of drug-likeness (QED) is 0.874. The van der Waals surface area contributed by atoms with Crippen LogP contribution in [0.2, 0.25) is 0 Å². The summed E-state index contributed by atoms with van der Waals surface area (Å²) in [6.45, 7) is 4.79. The summed E-state index contributed by atoms with van der Waals surface area (Å²) in [5.41, 5.74) is 1.74. The Kier molecular flexibility index (Phi) is 3.47. The molecule has 0 aliphatic rings. The van der Waals surface area contributed by atoms with Crippen molar-refractivity contribution in [2.45, 2.75) is 33.2 Å². The van der Waals surface area contributed by atoms with Crippen molar-refractivity contribution in [1.82, 2.24) is 9.55 Å². The second-order valence-corrected chi connectivity index (χ2v) is 4.22. The number of hydrogen-bond donors (Lipinski definition) is 1. The monoisotopic (exact) mass is 230 g/mol. The van der Waals surface area contributed by atoms with Crippen LogP contribution in [-0.2, 0) is 6.54 Å². The maximum atomic E-state index is 10.0. The maximum absolute atomic E-state index is 10.0. The highest BCUT2D eigenvalue weighted by molar-refractivity contribution is 5.57. The Hall–Kier alpha value is -1.77. The van der Waals surface area contributed by atoms with E-state index in [1.807, 2.05) is 41.8 Å². The molecule has 0 radical (unpaired) electrons. The van der Waals surface area contributed by atoms with Crippen LogP contribution in [0, 0.1) is 6.92 Å². The molecule has 0 unspecified atom stereocenters. The van der Waals surface area contributed by atoms with E-state index in [1.165, 1.54) is 0 Å². The molecule has 1 aromatic heterocycles. The number of benzene rings is 1. The molecule has 0 aliphatic carbocycles. The van der Waals surface area contributed by atoms with Gasteiger partial charge in [-0.3, -0.25) is 4.57 Å². The fraction of sp³-hybridized carbons (Fsp3) is 0.357. The van der Waals surface area contributed by atoms with Crippen LogP contribution in [0.25, 0.3) is 11.4 Å². The standard InChI is InChI=1S/C14H18N2O/c1-3-4-10-16-13(15-11(2)14(16)17)12-8-6-5-7-9-12/h5-9,17H,3-4,10H2,1-2H3. The van der Waals surface area contributed by atoms with Gasteiger partial charge in [0.05, 0.1) is 5.69 Å². The molecule has 0 saturated carbocycles. The van der Waals surface area contributed by atoms with Crippen molar-refractivity contribution in [3.63, 3.8) is 0 Å². The van der Waals surface area contributed by atoms with Gasteiger partial charge in [0.1, 0.15) is 5.82 Å². The van der Waals surface area contributed by atoms with Crippen molar-refractivity contribution in [2.24, 2.45) is 0 Å². The summed E-state index contributed by atoms with van der Waals surface area (Å²) in [6, 6.07) is 9.99. The van der Waals surface area contributed by atoms with E-state index < -0.39 is 0 Å². The third-order valence-electron chi connectivity index (χ3n) is 2.88. The summed E-state index contributed by atoms with van der Waals surface area (Å²) >= 11 is 0. The Morgan fingerprint density at radius 3 is 2.59 bits per heavy atom. The molecule has 17 heavy (non-hydrogen) atoms. The molecule has 0 fully saturated rings. The van der Waals surface area contributed by atoms with E-state index in [1.54, 1.807) is 0 Å². The second-order valence-electron chi connectivity index (χ2n) is 4.22. The molecule has 3 heteroatoms. The fourth-order valence-corrected chi connectivity index (χ4v) is 1.90. The molecule has 0 amide bonds. The fourth-order valence-electron chi connectivity index (χ4n) is 1.90. The third kappa shape index (κ3) is 2.33. The Bertz CT molecular complexity index is 488. The zero-order valence-electron chi connectivity index (χ0n) is 10.3. The average Bonchev–Trinajstić information content (AvgIpc) is 2.65. The predicted molar refractivity (Wildman–Crippen MR) is 69.0 cm³/mol. The third-order valence-corrected chi connectivity index (χ3v) is 2.88. The van der Waals surface area contributed by atoms with Crippen LogP contribution in [-0.4, -0.2) is 14.7 Å². The normalized spacial score (nSPS) is 10.7. The first-order valence-electron chi connectivity index (χ1n) is 6.05. The topological polar surface area (TPSA) is 38.0 Å². The van der Waals surface area contributed by atoms with Crippen LogP contribution in [0.1, 0.15) is 25.5 Å². The zero-order valence-corrected chi connectivity index (χ0v) is 10.3. The Balaban J connectivity index is 2.43. The van der Waals surface area contributed by atoms with E-state index in [9.17, 15) is 5.11 Å². The lowest BCUT2D eigenvalue weighted by Gasteiger charge is -2.08. The number of aryl methyl sites for hydroxylation is 1. The summed E-state index contributed by atoms with van der Waals surface area (Å²) < 4.78 is 1.90. The minimum atomic E-state index is 0.289. The van der Waals surface area contributed by atoms with Gasteiger partial charge in [-0.1, -0.05) is 43.7 Å². The van der Waals surface area contributed by atoms with Crippen molar-refractivity contribution < 1.29 is 5.11 Å². The van der Waals surface area contributed by atoms with Crippen molar-refractivity contribution in [1.29, 1.82) is 0 Å². The summed E-state index contributed by atoms with van der Waals surface area (Å²) in [7, 11) is 0. The Morgan fingerprint density at radius 1 is 1.24 bits per heavy atom. The van der Waals surface area contributed by atoms with Gasteiger partial charge in [0.25, 0.3) is 0 Å². The second kappa shape index (κ2) is 5.04. The van der Waals surface area contributed by atoms with Gasteiger partial charge in [-0.15, -0.1) is 0 Å². The van der Waals surface area contributed by atoms with Gasteiger partial charge in [0.15, 0.2) is 0 Å². The van der Waals surface area contributed by atoms with Crippen molar-refractivity contribution >= 4 is 0 Å². The summed E-state index contributed by atoms with van der Waals surface area (Å²) in [5.74, 6) is 1.14. The van der Waals surface area contributed by atoms with E-state index >= 15 is 0 Å². The lowest BCUT2D eigenvalue weighted by atomic mass is 10.2. The summed E-state index contributed by atoms with van der Waals surface area (Å²) in [6.07, 6.45) is 2.15. The number of hydrogen-bond acceptors (Lipinski definition) is 2. The number of nitrogens with zero attached hydrogens (tertiary/aromatic N) is 2. The molecule has 1 heterocycles. The molecule has 0 spiro atoms. The Morgan fingerprint density at radius 2 is 1.94 bits per heavy atom. The van der Waals surface area contributed by atoms with Gasteiger partial charge in [-0.25, -0.2) is 4.98 Å². The van der Waals surface area contributed by atoms with Gasteiger partial charge in [0.2, 0.25) is 5.88 Å². The van der Waals surface area contributed by atoms with E-state index in [0.717, 1.165) is 30.8 Å². The van der Waals surface area contributed by atoms with E-state index in [0.29, 0.717) is 5.69 Å². The first kappa shape index (κ1) is 11.7. The van der Waals surface area contributed by atoms with E-state index in [2.05, 4.69) is 11.9 Å². The first-order valence-corrected chi connectivity index (χ1v) is 6.05. The lowest BCUT2D eigenvalue weighted by molar-refractivity contribution is 0.411. The highest BCUT2D eigenvalue weighted by atomic mass is 16.3. The van der Waals surface area contributed by atoms with Crippen molar-refractivity contribution in [2.75, 3.05) is 0 Å². The van der Waals surface area contributed by atoms with Crippen molar-refractivity contribution in [3.05, 3.63) is 36.0 Å². The van der Waals surface area contributed by atoms with Crippen LogP contribution >= 0.6 is 0 Å². The number of aromatic hydroxyl groups is 1. The number of unbranched alkanes of at least 4 members (excludes halogenated alkanes) is 1. The smallest absolute Gasteiger partial charge is 0.214 e. The van der Waals surface area contributed by atoms with E-state index in [-0.39, 0.29) is 5.88 Å². The minimum absolute atomic E-state index is 0.289. The number of imidazole rings is 1. The van der Waals surface area contributed by atoms with Gasteiger partial charge < -0.3 is 5.11 Å². The Labute approximate surface area is 102 Å². The van der Waals surface area contributed by atoms with Gasteiger partial charge >= 0.3 is 0 Å². The molecule has 0 saturated heterocycles. The van der Waals surface area contributed by atoms with Crippen molar-refractivity contribution in [3.8, 4) is 17.3 Å². The van der Waals surface area contributed by atoms with Crippen LogP contribution in [0.3, 0.4) is 0 Å². The van der Waals surface area contributed by atoms with E-state index in [4.69, 9.17) is 0 Å². The zero-order chi connectivity index (χ0) is 12.3. The molecular formula is C14H18N2O. The molecule has 2 rings (SSSR count). The maximum Gasteiger partial charge on any atom is 0.214 e. The number of aromatic nitrogens is 2. The molecular weight excluding hydrogens is 212 g/mol.